The van der Waals surface area contributed by atoms with Crippen molar-refractivity contribution in [1.82, 2.24) is 5.32 Å². The second kappa shape index (κ2) is 12.8. The van der Waals surface area contributed by atoms with Crippen LogP contribution in [0.25, 0.3) is 6.08 Å². The highest BCUT2D eigenvalue weighted by Gasteiger charge is 2.37. The van der Waals surface area contributed by atoms with Crippen LogP contribution in [0.4, 0.5) is 10.5 Å². The summed E-state index contributed by atoms with van der Waals surface area (Å²) >= 11 is 2.11. The lowest BCUT2D eigenvalue weighted by Gasteiger charge is -2.26. The maximum Gasteiger partial charge on any atom is 0.338 e. The lowest BCUT2D eigenvalue weighted by molar-refractivity contribution is -0.122. The minimum Gasteiger partial charge on any atom is -0.490 e. The van der Waals surface area contributed by atoms with Crippen LogP contribution in [-0.2, 0) is 20.9 Å². The summed E-state index contributed by atoms with van der Waals surface area (Å²) in [6.07, 6.45) is 1.40. The Morgan fingerprint density at radius 1 is 0.950 bits per heavy atom. The molecule has 3 aromatic carbocycles. The summed E-state index contributed by atoms with van der Waals surface area (Å²) < 4.78 is 17.6. The minimum atomic E-state index is -0.888. The third-order valence-electron chi connectivity index (χ3n) is 5.88. The number of barbiturate groups is 1. The van der Waals surface area contributed by atoms with E-state index in [9.17, 15) is 19.2 Å². The van der Waals surface area contributed by atoms with Crippen molar-refractivity contribution in [2.45, 2.75) is 27.4 Å². The van der Waals surface area contributed by atoms with Crippen LogP contribution in [0.5, 0.6) is 11.5 Å². The van der Waals surface area contributed by atoms with Crippen molar-refractivity contribution in [3.63, 3.8) is 0 Å². The van der Waals surface area contributed by atoms with Crippen LogP contribution >= 0.6 is 22.6 Å². The van der Waals surface area contributed by atoms with E-state index in [1.165, 1.54) is 30.3 Å². The predicted octanol–water partition coefficient (Wildman–Crippen LogP) is 5.42. The second-order valence-electron chi connectivity index (χ2n) is 8.76. The molecular weight excluding hydrogens is 627 g/mol. The van der Waals surface area contributed by atoms with E-state index in [2.05, 4.69) is 27.9 Å². The zero-order valence-corrected chi connectivity index (χ0v) is 24.3. The maximum absolute atomic E-state index is 13.3. The Balaban J connectivity index is 1.62. The van der Waals surface area contributed by atoms with Crippen LogP contribution in [0.2, 0.25) is 0 Å². The predicted molar refractivity (Wildman–Crippen MR) is 157 cm³/mol. The fourth-order valence-corrected chi connectivity index (χ4v) is 4.71. The highest BCUT2D eigenvalue weighted by atomic mass is 127. The smallest absolute Gasteiger partial charge is 0.338 e. The van der Waals surface area contributed by atoms with Crippen molar-refractivity contribution in [3.05, 3.63) is 92.1 Å². The second-order valence-corrected chi connectivity index (χ2v) is 9.92. The molecule has 0 spiro atoms. The van der Waals surface area contributed by atoms with Crippen molar-refractivity contribution >= 4 is 58.2 Å². The van der Waals surface area contributed by atoms with Crippen molar-refractivity contribution in [2.75, 3.05) is 18.1 Å². The third-order valence-corrected chi connectivity index (χ3v) is 6.69. The van der Waals surface area contributed by atoms with Gasteiger partial charge in [0.25, 0.3) is 11.8 Å². The van der Waals surface area contributed by atoms with Crippen LogP contribution in [-0.4, -0.2) is 37.0 Å². The molecule has 0 unspecified atom stereocenters. The number of nitrogens with zero attached hydrogens (tertiary/aromatic N) is 1. The van der Waals surface area contributed by atoms with Gasteiger partial charge < -0.3 is 14.2 Å². The molecule has 206 valence electrons. The van der Waals surface area contributed by atoms with Gasteiger partial charge in [0, 0.05) is 0 Å². The maximum atomic E-state index is 13.3. The van der Waals surface area contributed by atoms with Crippen LogP contribution in [0, 0.1) is 10.5 Å². The molecule has 1 aliphatic rings. The Kier molecular flexibility index (Phi) is 9.20. The number of nitrogens with one attached hydrogen (secondary N) is 1. The molecule has 0 saturated carbocycles. The van der Waals surface area contributed by atoms with Crippen molar-refractivity contribution in [3.8, 4) is 11.5 Å². The molecule has 0 bridgehead atoms. The number of carbonyl (C=O) groups is 4. The molecule has 0 radical (unpaired) electrons. The molecule has 4 rings (SSSR count). The van der Waals surface area contributed by atoms with Crippen LogP contribution in [0.1, 0.15) is 40.9 Å². The van der Waals surface area contributed by atoms with E-state index in [-0.39, 0.29) is 23.4 Å². The minimum absolute atomic E-state index is 0.193. The molecule has 1 N–H and O–H groups in total. The van der Waals surface area contributed by atoms with Gasteiger partial charge in [-0.3, -0.25) is 14.9 Å². The fourth-order valence-electron chi connectivity index (χ4n) is 3.93. The van der Waals surface area contributed by atoms with E-state index < -0.39 is 23.8 Å². The van der Waals surface area contributed by atoms with Gasteiger partial charge in [0.05, 0.1) is 28.0 Å². The average molecular weight is 654 g/mol. The van der Waals surface area contributed by atoms with Crippen LogP contribution in [0.3, 0.4) is 0 Å². The number of hydrogen-bond donors (Lipinski definition) is 1. The number of rotatable bonds is 9. The van der Waals surface area contributed by atoms with Crippen molar-refractivity contribution < 1.29 is 33.4 Å². The summed E-state index contributed by atoms with van der Waals surface area (Å²) in [4.78, 5) is 51.4. The summed E-state index contributed by atoms with van der Waals surface area (Å²) in [5.74, 6) is -1.14. The number of ether oxygens (including phenoxy) is 3. The molecule has 4 amide bonds. The molecular formula is C30H27IN2O7. The number of amides is 4. The van der Waals surface area contributed by atoms with Crippen LogP contribution in [0.15, 0.2) is 66.2 Å². The summed E-state index contributed by atoms with van der Waals surface area (Å²) in [6.45, 7) is 6.48. The molecule has 40 heavy (non-hydrogen) atoms. The van der Waals surface area contributed by atoms with E-state index in [1.807, 2.05) is 38.1 Å². The largest absolute Gasteiger partial charge is 0.490 e. The SMILES string of the molecule is CCOC(=O)c1ccc(N2C(=O)NC(=O)/C(=C\c3cc(I)c(OCc4ccc(C)cc4)c(OCC)c3)C2=O)cc1. The average Bonchev–Trinajstić information content (AvgIpc) is 2.92. The molecule has 1 heterocycles. The van der Waals surface area contributed by atoms with Gasteiger partial charge in [0.15, 0.2) is 11.5 Å². The molecule has 3 aromatic rings. The first-order valence-corrected chi connectivity index (χ1v) is 13.6. The molecule has 0 aliphatic carbocycles. The van der Waals surface area contributed by atoms with E-state index in [0.29, 0.717) is 33.8 Å². The quantitative estimate of drug-likeness (QED) is 0.142. The highest BCUT2D eigenvalue weighted by molar-refractivity contribution is 14.1. The van der Waals surface area contributed by atoms with Crippen molar-refractivity contribution in [1.29, 1.82) is 0 Å². The number of imide groups is 2. The summed E-state index contributed by atoms with van der Waals surface area (Å²) in [5, 5.41) is 2.20. The lowest BCUT2D eigenvalue weighted by Crippen LogP contribution is -2.54. The monoisotopic (exact) mass is 654 g/mol. The van der Waals surface area contributed by atoms with Gasteiger partial charge in [-0.2, -0.15) is 0 Å². The summed E-state index contributed by atoms with van der Waals surface area (Å²) in [5.41, 5.74) is 2.89. The number of urea groups is 1. The van der Waals surface area contributed by atoms with E-state index in [1.54, 1.807) is 19.1 Å². The standard InChI is InChI=1S/C30H27IN2O7/c1-4-38-25-16-20(15-24(31)26(25)40-17-19-8-6-18(3)7-9-19)14-23-27(34)32-30(37)33(28(23)35)22-12-10-21(11-13-22)29(36)39-5-2/h6-16H,4-5,17H2,1-3H3,(H,32,34,37)/b23-14+. The zero-order chi connectivity index (χ0) is 28.8. The molecule has 9 nitrogen and oxygen atoms in total. The van der Waals surface area contributed by atoms with Gasteiger partial charge >= 0.3 is 12.0 Å². The van der Waals surface area contributed by atoms with Gasteiger partial charge in [-0.15, -0.1) is 0 Å². The molecule has 1 saturated heterocycles. The lowest BCUT2D eigenvalue weighted by atomic mass is 10.1. The zero-order valence-electron chi connectivity index (χ0n) is 22.2. The van der Waals surface area contributed by atoms with Crippen molar-refractivity contribution in [2.24, 2.45) is 0 Å². The summed E-state index contributed by atoms with van der Waals surface area (Å²) in [7, 11) is 0. The van der Waals surface area contributed by atoms with Gasteiger partial charge in [-0.1, -0.05) is 29.8 Å². The van der Waals surface area contributed by atoms with E-state index in [4.69, 9.17) is 14.2 Å². The van der Waals surface area contributed by atoms with Gasteiger partial charge in [0.2, 0.25) is 0 Å². The first-order chi connectivity index (χ1) is 19.2. The van der Waals surface area contributed by atoms with Crippen LogP contribution < -0.4 is 19.7 Å². The van der Waals surface area contributed by atoms with E-state index in [0.717, 1.165) is 16.0 Å². The highest BCUT2D eigenvalue weighted by Crippen LogP contribution is 2.36. The Hall–Kier alpha value is -4.19. The number of aryl methyl sites for hydroxylation is 1. The number of hydrogen-bond acceptors (Lipinski definition) is 7. The molecule has 0 aromatic heterocycles. The Morgan fingerprint density at radius 3 is 2.30 bits per heavy atom. The van der Waals surface area contributed by atoms with E-state index >= 15 is 0 Å². The fraction of sp³-hybridized carbons (Fsp3) is 0.200. The van der Waals surface area contributed by atoms with Gasteiger partial charge in [-0.25, -0.2) is 14.5 Å². The summed E-state index contributed by atoms with van der Waals surface area (Å²) in [6, 6.07) is 16.3. The topological polar surface area (TPSA) is 111 Å². The number of benzene rings is 3. The Labute approximate surface area is 245 Å². The number of anilines is 1. The Morgan fingerprint density at radius 2 is 1.65 bits per heavy atom. The molecule has 0 atom stereocenters. The third kappa shape index (κ3) is 6.50. The molecule has 1 fully saturated rings. The number of esters is 1. The molecule has 1 aliphatic heterocycles. The number of carbonyl (C=O) groups excluding carboxylic acids is 4. The normalized spacial score (nSPS) is 14.2. The molecule has 10 heteroatoms. The Bertz CT molecular complexity index is 1480. The van der Waals surface area contributed by atoms with Gasteiger partial charge in [-0.05, 0) is 97.0 Å². The van der Waals surface area contributed by atoms with Gasteiger partial charge in [0.1, 0.15) is 12.2 Å². The first-order valence-electron chi connectivity index (χ1n) is 12.5. The first kappa shape index (κ1) is 28.8. The number of halogens is 1.